The maximum Gasteiger partial charge on any atom is 0.493 e. The fraction of sp³-hybridized carbons (Fsp3) is 0.238. The first-order valence-electron chi connectivity index (χ1n) is 9.61. The number of anilines is 1. The van der Waals surface area contributed by atoms with Crippen LogP contribution in [0.25, 0.3) is 27.6 Å². The molecule has 1 fully saturated rings. The van der Waals surface area contributed by atoms with Crippen molar-refractivity contribution in [1.29, 1.82) is 0 Å². The van der Waals surface area contributed by atoms with E-state index in [0.29, 0.717) is 42.8 Å². The second-order valence-electron chi connectivity index (χ2n) is 7.14. The molecule has 2 aromatic heterocycles. The number of piperazine rings is 1. The van der Waals surface area contributed by atoms with Crippen LogP contribution in [0.2, 0.25) is 0 Å². The molecule has 0 saturated carbocycles. The van der Waals surface area contributed by atoms with Crippen LogP contribution in [-0.2, 0) is 6.30 Å². The lowest BCUT2D eigenvalue weighted by Gasteiger charge is -2.29. The summed E-state index contributed by atoms with van der Waals surface area (Å²) in [5, 5.41) is 3.69. The van der Waals surface area contributed by atoms with Gasteiger partial charge in [0, 0.05) is 31.6 Å². The van der Waals surface area contributed by atoms with Crippen molar-refractivity contribution in [2.75, 3.05) is 31.1 Å². The molecule has 0 spiro atoms. The fourth-order valence-corrected chi connectivity index (χ4v) is 4.04. The van der Waals surface area contributed by atoms with Gasteiger partial charge in [0.2, 0.25) is 0 Å². The van der Waals surface area contributed by atoms with Crippen molar-refractivity contribution in [1.82, 2.24) is 19.4 Å². The molecular weight excluding hydrogens is 395 g/mol. The molecule has 0 unspecified atom stereocenters. The summed E-state index contributed by atoms with van der Waals surface area (Å²) >= 11 is 0. The molecule has 1 aliphatic rings. The normalized spacial score (nSPS) is 15.2. The van der Waals surface area contributed by atoms with Gasteiger partial charge in [-0.1, -0.05) is 36.4 Å². The van der Waals surface area contributed by atoms with E-state index >= 15 is 0 Å². The molecule has 1 N–H and O–H groups in total. The number of imidazole rings is 1. The molecule has 4 aromatic rings. The summed E-state index contributed by atoms with van der Waals surface area (Å²) in [5.74, 6) is 0.175. The summed E-state index contributed by atoms with van der Waals surface area (Å²) in [4.78, 5) is 19.5. The third-order valence-corrected chi connectivity index (χ3v) is 5.34. The molecule has 0 bridgehead atoms. The first-order valence-corrected chi connectivity index (χ1v) is 9.61. The SMILES string of the molecule is O=c1n(-c2ccccc2)c2c3ccccc3nc(N3CCNCC3)c2n1C(F)(F)F. The molecule has 6 nitrogen and oxygen atoms in total. The summed E-state index contributed by atoms with van der Waals surface area (Å²) in [6.45, 7) is 2.27. The van der Waals surface area contributed by atoms with Crippen molar-refractivity contribution in [3.63, 3.8) is 0 Å². The Balaban J connectivity index is 2.00. The molecule has 0 atom stereocenters. The number of nitrogens with one attached hydrogen (secondary N) is 1. The largest absolute Gasteiger partial charge is 0.493 e. The fourth-order valence-electron chi connectivity index (χ4n) is 4.04. The van der Waals surface area contributed by atoms with Gasteiger partial charge in [-0.15, -0.1) is 13.2 Å². The van der Waals surface area contributed by atoms with Gasteiger partial charge in [0.25, 0.3) is 0 Å². The van der Waals surface area contributed by atoms with Gasteiger partial charge >= 0.3 is 12.0 Å². The Morgan fingerprint density at radius 2 is 1.57 bits per heavy atom. The van der Waals surface area contributed by atoms with E-state index in [1.165, 1.54) is 0 Å². The number of hydrogen-bond acceptors (Lipinski definition) is 4. The van der Waals surface area contributed by atoms with Crippen LogP contribution in [0.1, 0.15) is 0 Å². The van der Waals surface area contributed by atoms with Crippen molar-refractivity contribution in [2.45, 2.75) is 6.30 Å². The number of hydrogen-bond donors (Lipinski definition) is 1. The zero-order chi connectivity index (χ0) is 20.9. The first-order chi connectivity index (χ1) is 14.5. The number of halogens is 3. The summed E-state index contributed by atoms with van der Waals surface area (Å²) in [7, 11) is 0. The van der Waals surface area contributed by atoms with Crippen LogP contribution in [0.5, 0.6) is 0 Å². The van der Waals surface area contributed by atoms with Crippen molar-refractivity contribution in [3.05, 3.63) is 65.1 Å². The number of pyridine rings is 1. The number of alkyl halides is 3. The predicted molar refractivity (Wildman–Crippen MR) is 109 cm³/mol. The van der Waals surface area contributed by atoms with Crippen LogP contribution in [0.15, 0.2) is 59.4 Å². The molecule has 154 valence electrons. The second-order valence-corrected chi connectivity index (χ2v) is 7.14. The molecule has 30 heavy (non-hydrogen) atoms. The molecule has 0 aliphatic carbocycles. The summed E-state index contributed by atoms with van der Waals surface area (Å²) < 4.78 is 43.5. The highest BCUT2D eigenvalue weighted by atomic mass is 19.4. The third kappa shape index (κ3) is 2.85. The number of nitrogens with zero attached hydrogens (tertiary/aromatic N) is 4. The smallest absolute Gasteiger partial charge is 0.352 e. The first kappa shape index (κ1) is 18.7. The number of fused-ring (bicyclic) bond motifs is 3. The van der Waals surface area contributed by atoms with E-state index in [2.05, 4.69) is 10.3 Å². The van der Waals surface area contributed by atoms with Crippen molar-refractivity contribution >= 4 is 27.8 Å². The van der Waals surface area contributed by atoms with Gasteiger partial charge in [-0.25, -0.2) is 9.78 Å². The Morgan fingerprint density at radius 1 is 0.900 bits per heavy atom. The average Bonchev–Trinajstić information content (AvgIpc) is 3.07. The van der Waals surface area contributed by atoms with Gasteiger partial charge in [-0.3, -0.25) is 4.57 Å². The maximum atomic E-state index is 14.1. The Bertz CT molecular complexity index is 1290. The van der Waals surface area contributed by atoms with Crippen LogP contribution >= 0.6 is 0 Å². The van der Waals surface area contributed by atoms with Gasteiger partial charge in [0.15, 0.2) is 5.82 Å². The van der Waals surface area contributed by atoms with Gasteiger partial charge in [-0.05, 0) is 18.2 Å². The molecule has 5 rings (SSSR count). The topological polar surface area (TPSA) is 55.1 Å². The van der Waals surface area contributed by atoms with E-state index in [1.807, 2.05) is 4.90 Å². The van der Waals surface area contributed by atoms with Crippen LogP contribution in [0.3, 0.4) is 0 Å². The summed E-state index contributed by atoms with van der Waals surface area (Å²) in [6.07, 6.45) is -4.89. The van der Waals surface area contributed by atoms with Crippen LogP contribution in [0, 0.1) is 0 Å². The molecular formula is C21H18F3N5O. The van der Waals surface area contributed by atoms with Gasteiger partial charge in [0.05, 0.1) is 16.7 Å². The second kappa shape index (κ2) is 6.88. The van der Waals surface area contributed by atoms with Crippen molar-refractivity contribution < 1.29 is 13.2 Å². The lowest BCUT2D eigenvalue weighted by atomic mass is 10.1. The van der Waals surface area contributed by atoms with Gasteiger partial charge in [-0.2, -0.15) is 4.57 Å². The van der Waals surface area contributed by atoms with Crippen molar-refractivity contribution in [2.24, 2.45) is 0 Å². The Hall–Kier alpha value is -3.33. The lowest BCUT2D eigenvalue weighted by molar-refractivity contribution is -0.203. The van der Waals surface area contributed by atoms with E-state index < -0.39 is 12.0 Å². The van der Waals surface area contributed by atoms with Gasteiger partial charge in [0.1, 0.15) is 5.52 Å². The maximum absolute atomic E-state index is 14.1. The zero-order valence-corrected chi connectivity index (χ0v) is 15.9. The van der Waals surface area contributed by atoms with Crippen LogP contribution in [0.4, 0.5) is 19.0 Å². The lowest BCUT2D eigenvalue weighted by Crippen LogP contribution is -2.44. The molecule has 0 amide bonds. The van der Waals surface area contributed by atoms with Crippen molar-refractivity contribution in [3.8, 4) is 5.69 Å². The number of aromatic nitrogens is 3. The summed E-state index contributed by atoms with van der Waals surface area (Å²) in [5.41, 5.74) is -0.237. The number of rotatable bonds is 2. The highest BCUT2D eigenvalue weighted by Gasteiger charge is 2.39. The van der Waals surface area contributed by atoms with E-state index in [4.69, 9.17) is 0 Å². The molecule has 0 radical (unpaired) electrons. The standard InChI is InChI=1S/C21H18F3N5O/c22-21(23,24)29-18-17(28(20(29)30)14-6-2-1-3-7-14)15-8-4-5-9-16(15)26-19(18)27-12-10-25-11-13-27/h1-9,25H,10-13H2. The molecule has 1 saturated heterocycles. The highest BCUT2D eigenvalue weighted by Crippen LogP contribution is 2.36. The zero-order valence-electron chi connectivity index (χ0n) is 15.9. The van der Waals surface area contributed by atoms with Crippen LogP contribution in [-0.4, -0.2) is 40.3 Å². The van der Waals surface area contributed by atoms with E-state index in [-0.39, 0.29) is 21.4 Å². The van der Waals surface area contributed by atoms with E-state index in [0.717, 1.165) is 4.57 Å². The summed E-state index contributed by atoms with van der Waals surface area (Å²) in [6, 6.07) is 15.4. The molecule has 3 heterocycles. The minimum Gasteiger partial charge on any atom is -0.352 e. The molecule has 9 heteroatoms. The third-order valence-electron chi connectivity index (χ3n) is 5.34. The minimum atomic E-state index is -4.89. The average molecular weight is 413 g/mol. The quantitative estimate of drug-likeness (QED) is 0.548. The highest BCUT2D eigenvalue weighted by molar-refractivity contribution is 6.08. The Labute approximate surface area is 169 Å². The van der Waals surface area contributed by atoms with E-state index in [1.54, 1.807) is 54.6 Å². The predicted octanol–water partition coefficient (Wildman–Crippen LogP) is 3.23. The minimum absolute atomic E-state index is 0.0772. The van der Waals surface area contributed by atoms with E-state index in [9.17, 15) is 18.0 Å². The molecule has 1 aliphatic heterocycles. The number of para-hydroxylation sites is 2. The molecule has 2 aromatic carbocycles. The van der Waals surface area contributed by atoms with Gasteiger partial charge < -0.3 is 10.2 Å². The van der Waals surface area contributed by atoms with Crippen LogP contribution < -0.4 is 15.9 Å². The Morgan fingerprint density at radius 3 is 2.27 bits per heavy atom. The monoisotopic (exact) mass is 413 g/mol. The number of benzene rings is 2. The Kier molecular flexibility index (Phi) is 4.28.